The van der Waals surface area contributed by atoms with Gasteiger partial charge >= 0.3 is 0 Å². The normalized spacial score (nSPS) is 18.2. The van der Waals surface area contributed by atoms with E-state index in [2.05, 4.69) is 21.2 Å². The standard InChI is InChI=1S/C20H20BrN3O4/c21-14-8-17-18(28-6-5-27-17)9-15(14)23-19(25)11-24-10-13-4-2-1-3-12(13)7-16(24)20(22)26/h1-4,8-9,16H,5-7,10-11H2,(H2,22,26)(H,23,25)/t16-/m0/s1. The Morgan fingerprint density at radius 3 is 2.54 bits per heavy atom. The number of hydrogen-bond acceptors (Lipinski definition) is 5. The number of primary amides is 1. The number of benzene rings is 2. The van der Waals surface area contributed by atoms with E-state index in [-0.39, 0.29) is 12.5 Å². The van der Waals surface area contributed by atoms with E-state index in [9.17, 15) is 9.59 Å². The van der Waals surface area contributed by atoms with Crippen molar-refractivity contribution >= 4 is 33.4 Å². The van der Waals surface area contributed by atoms with E-state index in [1.165, 1.54) is 0 Å². The first-order valence-electron chi connectivity index (χ1n) is 9.00. The monoisotopic (exact) mass is 445 g/mol. The molecule has 4 rings (SSSR count). The summed E-state index contributed by atoms with van der Waals surface area (Å²) in [6.07, 6.45) is 0.506. The fraction of sp³-hybridized carbons (Fsp3) is 0.300. The minimum absolute atomic E-state index is 0.0584. The zero-order chi connectivity index (χ0) is 19.7. The molecular weight excluding hydrogens is 426 g/mol. The van der Waals surface area contributed by atoms with Crippen molar-refractivity contribution in [3.8, 4) is 11.5 Å². The quantitative estimate of drug-likeness (QED) is 0.750. The van der Waals surface area contributed by atoms with Crippen LogP contribution >= 0.6 is 15.9 Å². The second-order valence-electron chi connectivity index (χ2n) is 6.82. The van der Waals surface area contributed by atoms with Gasteiger partial charge in [-0.25, -0.2) is 0 Å². The van der Waals surface area contributed by atoms with Gasteiger partial charge in [0.05, 0.1) is 18.3 Å². The van der Waals surface area contributed by atoms with Gasteiger partial charge in [-0.05, 0) is 33.5 Å². The number of carbonyl (C=O) groups is 2. The van der Waals surface area contributed by atoms with Crippen LogP contribution in [0.3, 0.4) is 0 Å². The maximum absolute atomic E-state index is 12.7. The van der Waals surface area contributed by atoms with Crippen molar-refractivity contribution in [1.82, 2.24) is 4.90 Å². The molecule has 1 atom stereocenters. The minimum atomic E-state index is -0.510. The Morgan fingerprint density at radius 2 is 1.82 bits per heavy atom. The number of carbonyl (C=O) groups excluding carboxylic acids is 2. The van der Waals surface area contributed by atoms with Crippen molar-refractivity contribution in [3.05, 3.63) is 52.0 Å². The van der Waals surface area contributed by atoms with Gasteiger partial charge in [0.1, 0.15) is 13.2 Å². The summed E-state index contributed by atoms with van der Waals surface area (Å²) in [5.74, 6) is 0.565. The van der Waals surface area contributed by atoms with Crippen LogP contribution in [-0.4, -0.2) is 42.5 Å². The number of fused-ring (bicyclic) bond motifs is 2. The van der Waals surface area contributed by atoms with Gasteiger partial charge in [-0.3, -0.25) is 14.5 Å². The molecule has 0 aliphatic carbocycles. The van der Waals surface area contributed by atoms with Gasteiger partial charge < -0.3 is 20.5 Å². The first-order valence-corrected chi connectivity index (χ1v) is 9.79. The summed E-state index contributed by atoms with van der Waals surface area (Å²) >= 11 is 3.45. The third-order valence-electron chi connectivity index (χ3n) is 4.93. The van der Waals surface area contributed by atoms with Crippen LogP contribution in [0.1, 0.15) is 11.1 Å². The first-order chi connectivity index (χ1) is 13.5. The molecule has 0 saturated heterocycles. The summed E-state index contributed by atoms with van der Waals surface area (Å²) in [7, 11) is 0. The minimum Gasteiger partial charge on any atom is -0.486 e. The summed E-state index contributed by atoms with van der Waals surface area (Å²) in [5.41, 5.74) is 8.38. The van der Waals surface area contributed by atoms with Crippen LogP contribution in [-0.2, 0) is 22.6 Å². The predicted octanol–water partition coefficient (Wildman–Crippen LogP) is 2.07. The average Bonchev–Trinajstić information content (AvgIpc) is 2.68. The van der Waals surface area contributed by atoms with E-state index >= 15 is 0 Å². The Balaban J connectivity index is 1.49. The highest BCUT2D eigenvalue weighted by Gasteiger charge is 2.31. The lowest BCUT2D eigenvalue weighted by atomic mass is 9.93. The summed E-state index contributed by atoms with van der Waals surface area (Å²) in [6.45, 7) is 1.52. The lowest BCUT2D eigenvalue weighted by Gasteiger charge is -2.34. The maximum atomic E-state index is 12.7. The number of rotatable bonds is 4. The zero-order valence-corrected chi connectivity index (χ0v) is 16.7. The Morgan fingerprint density at radius 1 is 1.14 bits per heavy atom. The highest BCUT2D eigenvalue weighted by molar-refractivity contribution is 9.10. The van der Waals surface area contributed by atoms with Gasteiger partial charge in [0, 0.05) is 23.2 Å². The number of anilines is 1. The molecule has 3 N–H and O–H groups in total. The van der Waals surface area contributed by atoms with E-state index in [4.69, 9.17) is 15.2 Å². The summed E-state index contributed by atoms with van der Waals surface area (Å²) in [6, 6.07) is 10.9. The number of hydrogen-bond donors (Lipinski definition) is 2. The molecule has 0 bridgehead atoms. The van der Waals surface area contributed by atoms with Crippen molar-refractivity contribution in [1.29, 1.82) is 0 Å². The Bertz CT molecular complexity index is 934. The third kappa shape index (κ3) is 3.83. The Labute approximate surface area is 170 Å². The smallest absolute Gasteiger partial charge is 0.238 e. The van der Waals surface area contributed by atoms with Crippen LogP contribution in [0.15, 0.2) is 40.9 Å². The van der Waals surface area contributed by atoms with Gasteiger partial charge in [-0.1, -0.05) is 24.3 Å². The molecular formula is C20H20BrN3O4. The molecule has 0 aromatic heterocycles. The van der Waals surface area contributed by atoms with Crippen molar-refractivity contribution < 1.29 is 19.1 Å². The molecule has 8 heteroatoms. The average molecular weight is 446 g/mol. The SMILES string of the molecule is NC(=O)[C@@H]1Cc2ccccc2CN1CC(=O)Nc1cc2c(cc1Br)OCCO2. The van der Waals surface area contributed by atoms with Gasteiger partial charge in [0.25, 0.3) is 0 Å². The van der Waals surface area contributed by atoms with Crippen LogP contribution in [0, 0.1) is 0 Å². The molecule has 2 aromatic rings. The number of nitrogens with zero attached hydrogens (tertiary/aromatic N) is 1. The highest BCUT2D eigenvalue weighted by atomic mass is 79.9. The molecule has 2 aliphatic heterocycles. The van der Waals surface area contributed by atoms with Gasteiger partial charge in [0.15, 0.2) is 11.5 Å². The van der Waals surface area contributed by atoms with Crippen LogP contribution in [0.4, 0.5) is 5.69 Å². The van der Waals surface area contributed by atoms with Gasteiger partial charge in [-0.2, -0.15) is 0 Å². The molecule has 0 fully saturated rings. The molecule has 0 spiro atoms. The van der Waals surface area contributed by atoms with Crippen LogP contribution in [0.2, 0.25) is 0 Å². The molecule has 28 heavy (non-hydrogen) atoms. The molecule has 7 nitrogen and oxygen atoms in total. The molecule has 0 saturated carbocycles. The van der Waals surface area contributed by atoms with Crippen molar-refractivity contribution in [2.45, 2.75) is 19.0 Å². The molecule has 2 aromatic carbocycles. The predicted molar refractivity (Wildman–Crippen MR) is 107 cm³/mol. The molecule has 0 unspecified atom stereocenters. The maximum Gasteiger partial charge on any atom is 0.238 e. The zero-order valence-electron chi connectivity index (χ0n) is 15.1. The lowest BCUT2D eigenvalue weighted by molar-refractivity contribution is -0.125. The number of amides is 2. The summed E-state index contributed by atoms with van der Waals surface area (Å²) < 4.78 is 11.8. The first kappa shape index (κ1) is 18.8. The highest BCUT2D eigenvalue weighted by Crippen LogP contribution is 2.38. The topological polar surface area (TPSA) is 93.9 Å². The largest absolute Gasteiger partial charge is 0.486 e. The fourth-order valence-corrected chi connectivity index (χ4v) is 3.98. The number of ether oxygens (including phenoxy) is 2. The third-order valence-corrected chi connectivity index (χ3v) is 5.58. The molecule has 2 aliphatic rings. The Kier molecular flexibility index (Phi) is 5.23. The second kappa shape index (κ2) is 7.81. The van der Waals surface area contributed by atoms with Crippen LogP contribution in [0.25, 0.3) is 0 Å². The van der Waals surface area contributed by atoms with E-state index in [0.29, 0.717) is 47.8 Å². The second-order valence-corrected chi connectivity index (χ2v) is 7.67. The van der Waals surface area contributed by atoms with E-state index in [1.807, 2.05) is 29.2 Å². The van der Waals surface area contributed by atoms with Crippen molar-refractivity contribution in [2.24, 2.45) is 5.73 Å². The van der Waals surface area contributed by atoms with Gasteiger partial charge in [-0.15, -0.1) is 0 Å². The lowest BCUT2D eigenvalue weighted by Crippen LogP contribution is -2.50. The molecule has 2 amide bonds. The van der Waals surface area contributed by atoms with E-state index < -0.39 is 11.9 Å². The van der Waals surface area contributed by atoms with Crippen LogP contribution < -0.4 is 20.5 Å². The summed E-state index contributed by atoms with van der Waals surface area (Å²) in [4.78, 5) is 26.4. The van der Waals surface area contributed by atoms with E-state index in [1.54, 1.807) is 12.1 Å². The molecule has 0 radical (unpaired) electrons. The summed E-state index contributed by atoms with van der Waals surface area (Å²) in [5, 5.41) is 2.88. The fourth-order valence-electron chi connectivity index (χ4n) is 3.56. The molecule has 2 heterocycles. The Hall–Kier alpha value is -2.58. The number of nitrogens with one attached hydrogen (secondary N) is 1. The number of halogens is 1. The number of nitrogens with two attached hydrogens (primary N) is 1. The van der Waals surface area contributed by atoms with Crippen molar-refractivity contribution in [2.75, 3.05) is 25.1 Å². The van der Waals surface area contributed by atoms with Gasteiger partial charge in [0.2, 0.25) is 11.8 Å². The van der Waals surface area contributed by atoms with E-state index in [0.717, 1.165) is 11.1 Å². The van der Waals surface area contributed by atoms with Crippen molar-refractivity contribution in [3.63, 3.8) is 0 Å². The van der Waals surface area contributed by atoms with Crippen LogP contribution in [0.5, 0.6) is 11.5 Å². The molecule has 146 valence electrons.